The van der Waals surface area contributed by atoms with Gasteiger partial charge in [0, 0.05) is 12.1 Å². The maximum atomic E-state index is 13.9. The van der Waals surface area contributed by atoms with Crippen LogP contribution in [0.4, 0.5) is 10.1 Å². The summed E-state index contributed by atoms with van der Waals surface area (Å²) in [5.41, 5.74) is 0.854. The lowest BCUT2D eigenvalue weighted by atomic mass is 10.0. The van der Waals surface area contributed by atoms with Gasteiger partial charge >= 0.3 is 0 Å². The molecule has 0 heterocycles. The van der Waals surface area contributed by atoms with Gasteiger partial charge in [0.05, 0.1) is 6.54 Å². The first-order valence-electron chi connectivity index (χ1n) is 10.2. The number of carbonyl (C=O) groups excluding carboxylic acids is 1. The highest BCUT2D eigenvalue weighted by atomic mass is 19.1. The highest BCUT2D eigenvalue weighted by molar-refractivity contribution is 5.83. The van der Waals surface area contributed by atoms with Crippen molar-refractivity contribution in [1.82, 2.24) is 0 Å². The fourth-order valence-electron chi connectivity index (χ4n) is 3.00. The monoisotopic (exact) mass is 349 g/mol. The summed E-state index contributed by atoms with van der Waals surface area (Å²) in [4.78, 5) is 11.8. The first-order chi connectivity index (χ1) is 12.2. The van der Waals surface area contributed by atoms with Crippen molar-refractivity contribution in [3.8, 4) is 0 Å². The molecule has 1 rings (SSSR count). The minimum Gasteiger partial charge on any atom is -0.382 e. The number of hydrogen-bond acceptors (Lipinski definition) is 2. The summed E-state index contributed by atoms with van der Waals surface area (Å²) in [7, 11) is 0. The third-order valence-electron chi connectivity index (χ3n) is 4.64. The molecular formula is C22H36FNO. The molecule has 25 heavy (non-hydrogen) atoms. The number of anilines is 1. The van der Waals surface area contributed by atoms with E-state index in [1.54, 1.807) is 0 Å². The third kappa shape index (κ3) is 11.7. The van der Waals surface area contributed by atoms with Gasteiger partial charge in [0.15, 0.2) is 12.0 Å². The maximum Gasteiger partial charge on any atom is 0.175 e. The molecule has 2 nitrogen and oxygen atoms in total. The van der Waals surface area contributed by atoms with Gasteiger partial charge in [0.1, 0.15) is 0 Å². The Morgan fingerprint density at radius 3 is 1.96 bits per heavy atom. The summed E-state index contributed by atoms with van der Waals surface area (Å²) in [6.45, 7) is 2.32. The highest BCUT2D eigenvalue weighted by Gasteiger charge is 2.16. The van der Waals surface area contributed by atoms with Gasteiger partial charge in [-0.15, -0.1) is 0 Å². The smallest absolute Gasteiger partial charge is 0.175 e. The second-order valence-corrected chi connectivity index (χ2v) is 6.97. The standard InChI is InChI=1S/C22H36FNO/c1-2-3-4-5-6-7-8-9-10-11-15-18-22(25)21(23)19-24-20-16-13-12-14-17-20/h12-14,16-17,21,24H,2-11,15,18-19H2,1H3. The molecule has 0 spiro atoms. The average molecular weight is 350 g/mol. The van der Waals surface area contributed by atoms with Gasteiger partial charge in [-0.3, -0.25) is 4.79 Å². The Kier molecular flexibility index (Phi) is 12.9. The van der Waals surface area contributed by atoms with Crippen molar-refractivity contribution >= 4 is 11.5 Å². The first kappa shape index (κ1) is 21.7. The Morgan fingerprint density at radius 1 is 0.880 bits per heavy atom. The van der Waals surface area contributed by atoms with Gasteiger partial charge in [-0.05, 0) is 18.6 Å². The van der Waals surface area contributed by atoms with Gasteiger partial charge in [-0.1, -0.05) is 89.3 Å². The number of hydrogen-bond donors (Lipinski definition) is 1. The SMILES string of the molecule is CCCCCCCCCCCCCC(=O)C(F)CNc1ccccc1. The Labute approximate surface area is 153 Å². The molecule has 0 aliphatic rings. The molecule has 1 unspecified atom stereocenters. The Balaban J connectivity index is 1.92. The zero-order chi connectivity index (χ0) is 18.2. The van der Waals surface area contributed by atoms with E-state index in [1.807, 2.05) is 30.3 Å². The molecule has 0 saturated carbocycles. The predicted molar refractivity (Wildman–Crippen MR) is 106 cm³/mol. The number of para-hydroxylation sites is 1. The van der Waals surface area contributed by atoms with Crippen LogP contribution in [0.15, 0.2) is 30.3 Å². The fraction of sp³-hybridized carbons (Fsp3) is 0.682. The minimum absolute atomic E-state index is 0.0703. The summed E-state index contributed by atoms with van der Waals surface area (Å²) in [5, 5.41) is 2.97. The minimum atomic E-state index is -1.40. The number of halogens is 1. The zero-order valence-corrected chi connectivity index (χ0v) is 15.9. The lowest BCUT2D eigenvalue weighted by Gasteiger charge is -2.10. The van der Waals surface area contributed by atoms with Gasteiger partial charge in [-0.2, -0.15) is 0 Å². The summed E-state index contributed by atoms with van der Waals surface area (Å²) in [6, 6.07) is 9.45. The van der Waals surface area contributed by atoms with Crippen LogP contribution in [-0.2, 0) is 4.79 Å². The van der Waals surface area contributed by atoms with Crippen molar-refractivity contribution < 1.29 is 9.18 Å². The summed E-state index contributed by atoms with van der Waals surface area (Å²) in [5.74, 6) is -0.264. The van der Waals surface area contributed by atoms with E-state index >= 15 is 0 Å². The second kappa shape index (κ2) is 14.9. The van der Waals surface area contributed by atoms with E-state index in [4.69, 9.17) is 0 Å². The molecule has 0 aliphatic heterocycles. The number of carbonyl (C=O) groups is 1. The lowest BCUT2D eigenvalue weighted by molar-refractivity contribution is -0.123. The highest BCUT2D eigenvalue weighted by Crippen LogP contribution is 2.13. The molecule has 0 amide bonds. The molecule has 1 atom stereocenters. The quantitative estimate of drug-likeness (QED) is 0.336. The van der Waals surface area contributed by atoms with Gasteiger partial charge in [0.25, 0.3) is 0 Å². The van der Waals surface area contributed by atoms with Crippen molar-refractivity contribution in [2.24, 2.45) is 0 Å². The van der Waals surface area contributed by atoms with Crippen molar-refractivity contribution in [2.45, 2.75) is 90.1 Å². The fourth-order valence-corrected chi connectivity index (χ4v) is 3.00. The van der Waals surface area contributed by atoms with E-state index in [2.05, 4.69) is 12.2 Å². The van der Waals surface area contributed by atoms with Crippen LogP contribution < -0.4 is 5.32 Å². The van der Waals surface area contributed by atoms with E-state index in [-0.39, 0.29) is 12.3 Å². The number of alkyl halides is 1. The van der Waals surface area contributed by atoms with Gasteiger partial charge in [-0.25, -0.2) is 4.39 Å². The number of rotatable bonds is 16. The van der Waals surface area contributed by atoms with Crippen LogP contribution in [0.5, 0.6) is 0 Å². The predicted octanol–water partition coefficient (Wildman–Crippen LogP) is 6.71. The Hall–Kier alpha value is -1.38. The summed E-state index contributed by atoms with van der Waals surface area (Å²) < 4.78 is 13.9. The maximum absolute atomic E-state index is 13.9. The molecule has 0 saturated heterocycles. The van der Waals surface area contributed by atoms with E-state index in [0.29, 0.717) is 6.42 Å². The van der Waals surface area contributed by atoms with Crippen LogP contribution in [0.2, 0.25) is 0 Å². The molecule has 1 aromatic carbocycles. The summed E-state index contributed by atoms with van der Waals surface area (Å²) >= 11 is 0. The number of Topliss-reactive ketones (excluding diaryl/α,β-unsaturated/α-hetero) is 1. The lowest BCUT2D eigenvalue weighted by Crippen LogP contribution is -2.24. The molecule has 1 N–H and O–H groups in total. The van der Waals surface area contributed by atoms with Crippen LogP contribution in [0.3, 0.4) is 0 Å². The molecule has 0 aliphatic carbocycles. The number of ketones is 1. The summed E-state index contributed by atoms with van der Waals surface area (Å²) in [6.07, 6.45) is 12.7. The number of unbranched alkanes of at least 4 members (excludes halogenated alkanes) is 10. The van der Waals surface area contributed by atoms with Crippen molar-refractivity contribution in [1.29, 1.82) is 0 Å². The van der Waals surface area contributed by atoms with Crippen molar-refractivity contribution in [2.75, 3.05) is 11.9 Å². The molecule has 0 radical (unpaired) electrons. The van der Waals surface area contributed by atoms with Gasteiger partial charge in [0.2, 0.25) is 0 Å². The molecule has 0 bridgehead atoms. The third-order valence-corrected chi connectivity index (χ3v) is 4.64. The molecule has 0 fully saturated rings. The Morgan fingerprint density at radius 2 is 1.40 bits per heavy atom. The van der Waals surface area contributed by atoms with Crippen molar-refractivity contribution in [3.05, 3.63) is 30.3 Å². The van der Waals surface area contributed by atoms with Crippen LogP contribution in [0.25, 0.3) is 0 Å². The van der Waals surface area contributed by atoms with E-state index in [0.717, 1.165) is 18.5 Å². The molecular weight excluding hydrogens is 313 g/mol. The second-order valence-electron chi connectivity index (χ2n) is 6.97. The Bertz CT molecular complexity index is 435. The topological polar surface area (TPSA) is 29.1 Å². The van der Waals surface area contributed by atoms with Gasteiger partial charge < -0.3 is 5.32 Å². The molecule has 142 valence electrons. The van der Waals surface area contributed by atoms with E-state index in [1.165, 1.54) is 57.8 Å². The molecule has 0 aromatic heterocycles. The number of nitrogens with one attached hydrogen (secondary N) is 1. The van der Waals surface area contributed by atoms with Crippen LogP contribution in [0.1, 0.15) is 84.0 Å². The van der Waals surface area contributed by atoms with Crippen LogP contribution in [-0.4, -0.2) is 18.5 Å². The van der Waals surface area contributed by atoms with E-state index in [9.17, 15) is 9.18 Å². The van der Waals surface area contributed by atoms with Crippen LogP contribution >= 0.6 is 0 Å². The largest absolute Gasteiger partial charge is 0.382 e. The van der Waals surface area contributed by atoms with Crippen molar-refractivity contribution in [3.63, 3.8) is 0 Å². The molecule has 1 aromatic rings. The number of benzene rings is 1. The average Bonchev–Trinajstić information content (AvgIpc) is 2.64. The zero-order valence-electron chi connectivity index (χ0n) is 15.9. The van der Waals surface area contributed by atoms with Crippen LogP contribution in [0, 0.1) is 0 Å². The first-order valence-corrected chi connectivity index (χ1v) is 10.2. The molecule has 3 heteroatoms. The van der Waals surface area contributed by atoms with E-state index < -0.39 is 6.17 Å². The normalized spacial score (nSPS) is 12.1.